The molecule has 1 saturated carbocycles. The quantitative estimate of drug-likeness (QED) is 0.843. The fraction of sp³-hybridized carbons (Fsp3) is 0.538. The zero-order valence-corrected chi connectivity index (χ0v) is 9.48. The lowest BCUT2D eigenvalue weighted by Gasteiger charge is -2.09. The second-order valence-corrected chi connectivity index (χ2v) is 4.43. The standard InChI is InChI=1S/C13H18N2O/c16-13(12-6-8-14-9-7-12)15-10-5-11-3-1-2-4-11/h6-9,11H,1-5,10H2,(H,15,16). The highest BCUT2D eigenvalue weighted by Crippen LogP contribution is 2.26. The maximum Gasteiger partial charge on any atom is 0.251 e. The normalized spacial score (nSPS) is 16.2. The highest BCUT2D eigenvalue weighted by atomic mass is 16.1. The van der Waals surface area contributed by atoms with Gasteiger partial charge in [0.25, 0.3) is 5.91 Å². The van der Waals surface area contributed by atoms with Crippen LogP contribution < -0.4 is 5.32 Å². The summed E-state index contributed by atoms with van der Waals surface area (Å²) in [6.45, 7) is 0.797. The van der Waals surface area contributed by atoms with E-state index in [2.05, 4.69) is 10.3 Å². The van der Waals surface area contributed by atoms with E-state index >= 15 is 0 Å². The van der Waals surface area contributed by atoms with Crippen LogP contribution >= 0.6 is 0 Å². The van der Waals surface area contributed by atoms with Crippen molar-refractivity contribution in [2.45, 2.75) is 32.1 Å². The first kappa shape index (κ1) is 11.1. The Kier molecular flexibility index (Phi) is 3.91. The van der Waals surface area contributed by atoms with E-state index in [0.29, 0.717) is 5.56 Å². The Labute approximate surface area is 96.3 Å². The molecule has 3 nitrogen and oxygen atoms in total. The van der Waals surface area contributed by atoms with E-state index in [0.717, 1.165) is 18.9 Å². The van der Waals surface area contributed by atoms with Crippen LogP contribution in [-0.4, -0.2) is 17.4 Å². The molecule has 0 unspecified atom stereocenters. The van der Waals surface area contributed by atoms with Gasteiger partial charge in [0.2, 0.25) is 0 Å². The molecule has 0 radical (unpaired) electrons. The van der Waals surface area contributed by atoms with Crippen LogP contribution in [0.5, 0.6) is 0 Å². The number of carbonyl (C=O) groups is 1. The van der Waals surface area contributed by atoms with Gasteiger partial charge in [-0.25, -0.2) is 0 Å². The van der Waals surface area contributed by atoms with Crippen molar-refractivity contribution in [1.82, 2.24) is 10.3 Å². The summed E-state index contributed by atoms with van der Waals surface area (Å²) in [5, 5.41) is 2.96. The van der Waals surface area contributed by atoms with Gasteiger partial charge in [-0.15, -0.1) is 0 Å². The summed E-state index contributed by atoms with van der Waals surface area (Å²) < 4.78 is 0. The Bertz CT molecular complexity index is 331. The third-order valence-electron chi connectivity index (χ3n) is 3.26. The number of nitrogens with zero attached hydrogens (tertiary/aromatic N) is 1. The lowest BCUT2D eigenvalue weighted by atomic mass is 10.0. The largest absolute Gasteiger partial charge is 0.352 e. The highest BCUT2D eigenvalue weighted by molar-refractivity contribution is 5.93. The molecule has 0 saturated heterocycles. The number of amides is 1. The fourth-order valence-corrected chi connectivity index (χ4v) is 2.29. The molecule has 3 heteroatoms. The van der Waals surface area contributed by atoms with E-state index in [4.69, 9.17) is 0 Å². The van der Waals surface area contributed by atoms with Crippen LogP contribution in [0.2, 0.25) is 0 Å². The van der Waals surface area contributed by atoms with E-state index in [-0.39, 0.29) is 5.91 Å². The number of aromatic nitrogens is 1. The third kappa shape index (κ3) is 3.05. The van der Waals surface area contributed by atoms with Crippen molar-refractivity contribution in [2.75, 3.05) is 6.54 Å². The van der Waals surface area contributed by atoms with Gasteiger partial charge >= 0.3 is 0 Å². The van der Waals surface area contributed by atoms with Crippen LogP contribution in [0.3, 0.4) is 0 Å². The van der Waals surface area contributed by atoms with Gasteiger partial charge in [0.15, 0.2) is 0 Å². The SMILES string of the molecule is O=C(NCCC1CCCC1)c1ccncc1. The highest BCUT2D eigenvalue weighted by Gasteiger charge is 2.14. The second-order valence-electron chi connectivity index (χ2n) is 4.43. The number of nitrogens with one attached hydrogen (secondary N) is 1. The first-order chi connectivity index (χ1) is 7.86. The lowest BCUT2D eigenvalue weighted by molar-refractivity contribution is 0.0951. The molecule has 1 aromatic rings. The van der Waals surface area contributed by atoms with Crippen molar-refractivity contribution < 1.29 is 4.79 Å². The Hall–Kier alpha value is -1.38. The van der Waals surface area contributed by atoms with Crippen molar-refractivity contribution >= 4 is 5.91 Å². The molecule has 2 rings (SSSR count). The van der Waals surface area contributed by atoms with Crippen LogP contribution in [0.25, 0.3) is 0 Å². The maximum absolute atomic E-state index is 11.7. The topological polar surface area (TPSA) is 42.0 Å². The molecule has 0 bridgehead atoms. The Morgan fingerprint density at radius 3 is 2.69 bits per heavy atom. The molecule has 86 valence electrons. The van der Waals surface area contributed by atoms with E-state index in [1.807, 2.05) is 0 Å². The van der Waals surface area contributed by atoms with Crippen molar-refractivity contribution in [3.63, 3.8) is 0 Å². The Morgan fingerprint density at radius 1 is 1.31 bits per heavy atom. The summed E-state index contributed by atoms with van der Waals surface area (Å²) in [6.07, 6.45) is 9.82. The summed E-state index contributed by atoms with van der Waals surface area (Å²) in [4.78, 5) is 15.6. The van der Waals surface area contributed by atoms with E-state index < -0.39 is 0 Å². The molecule has 0 aromatic carbocycles. The molecule has 1 heterocycles. The number of hydrogen-bond acceptors (Lipinski definition) is 2. The molecule has 1 aliphatic carbocycles. The van der Waals surface area contributed by atoms with E-state index in [9.17, 15) is 4.79 Å². The Balaban J connectivity index is 1.71. The number of pyridine rings is 1. The molecule has 1 amide bonds. The predicted octanol–water partition coefficient (Wildman–Crippen LogP) is 2.39. The van der Waals surface area contributed by atoms with Crippen molar-refractivity contribution in [3.05, 3.63) is 30.1 Å². The molecule has 0 atom stereocenters. The summed E-state index contributed by atoms with van der Waals surface area (Å²) in [7, 11) is 0. The summed E-state index contributed by atoms with van der Waals surface area (Å²) >= 11 is 0. The first-order valence-corrected chi connectivity index (χ1v) is 6.04. The summed E-state index contributed by atoms with van der Waals surface area (Å²) in [5.74, 6) is 0.845. The van der Waals surface area contributed by atoms with Gasteiger partial charge in [0.1, 0.15) is 0 Å². The van der Waals surface area contributed by atoms with Crippen molar-refractivity contribution in [3.8, 4) is 0 Å². The van der Waals surface area contributed by atoms with E-state index in [1.165, 1.54) is 25.7 Å². The minimum Gasteiger partial charge on any atom is -0.352 e. The minimum atomic E-state index is 0.0143. The fourth-order valence-electron chi connectivity index (χ4n) is 2.29. The summed E-state index contributed by atoms with van der Waals surface area (Å²) in [6, 6.07) is 3.48. The van der Waals surface area contributed by atoms with Gasteiger partial charge in [-0.3, -0.25) is 9.78 Å². The molecule has 1 aliphatic rings. The monoisotopic (exact) mass is 218 g/mol. The van der Waals surface area contributed by atoms with Gasteiger partial charge in [0.05, 0.1) is 0 Å². The van der Waals surface area contributed by atoms with Crippen LogP contribution in [0.4, 0.5) is 0 Å². The zero-order valence-electron chi connectivity index (χ0n) is 9.48. The molecule has 0 spiro atoms. The first-order valence-electron chi connectivity index (χ1n) is 6.04. The second kappa shape index (κ2) is 5.64. The number of hydrogen-bond donors (Lipinski definition) is 1. The van der Waals surface area contributed by atoms with Gasteiger partial charge < -0.3 is 5.32 Å². The van der Waals surface area contributed by atoms with Crippen molar-refractivity contribution in [2.24, 2.45) is 5.92 Å². The zero-order chi connectivity index (χ0) is 11.2. The third-order valence-corrected chi connectivity index (χ3v) is 3.26. The molecule has 16 heavy (non-hydrogen) atoms. The minimum absolute atomic E-state index is 0.0143. The molecule has 1 N–H and O–H groups in total. The average molecular weight is 218 g/mol. The van der Waals surface area contributed by atoms with Crippen LogP contribution in [-0.2, 0) is 0 Å². The molecule has 0 aliphatic heterocycles. The molecule has 1 fully saturated rings. The van der Waals surface area contributed by atoms with E-state index in [1.54, 1.807) is 24.5 Å². The predicted molar refractivity (Wildman–Crippen MR) is 63.1 cm³/mol. The van der Waals surface area contributed by atoms with Gasteiger partial charge in [-0.05, 0) is 24.5 Å². The van der Waals surface area contributed by atoms with Gasteiger partial charge in [-0.2, -0.15) is 0 Å². The molecular formula is C13H18N2O. The molecular weight excluding hydrogens is 200 g/mol. The van der Waals surface area contributed by atoms with Crippen LogP contribution in [0.15, 0.2) is 24.5 Å². The van der Waals surface area contributed by atoms with Gasteiger partial charge in [-0.1, -0.05) is 25.7 Å². The summed E-state index contributed by atoms with van der Waals surface area (Å²) in [5.41, 5.74) is 0.696. The number of carbonyl (C=O) groups excluding carboxylic acids is 1. The lowest BCUT2D eigenvalue weighted by Crippen LogP contribution is -2.25. The Morgan fingerprint density at radius 2 is 2.00 bits per heavy atom. The van der Waals surface area contributed by atoms with Crippen LogP contribution in [0.1, 0.15) is 42.5 Å². The van der Waals surface area contributed by atoms with Crippen molar-refractivity contribution in [1.29, 1.82) is 0 Å². The molecule has 1 aromatic heterocycles. The smallest absolute Gasteiger partial charge is 0.251 e. The number of rotatable bonds is 4. The maximum atomic E-state index is 11.7. The average Bonchev–Trinajstić information content (AvgIpc) is 2.83. The van der Waals surface area contributed by atoms with Crippen LogP contribution in [0, 0.1) is 5.92 Å². The van der Waals surface area contributed by atoms with Gasteiger partial charge in [0, 0.05) is 24.5 Å².